The largest absolute Gasteiger partial charge is 0.486 e. The zero-order valence-corrected chi connectivity index (χ0v) is 16.1. The molecule has 0 unspecified atom stereocenters. The SMILES string of the molecule is CS(=O)(=O)N(Cc1ccccc1)Cc1nc(-c2ccc3c(c2)OCCO3)no1. The van der Waals surface area contributed by atoms with Crippen LogP contribution in [0.5, 0.6) is 11.5 Å². The van der Waals surface area contributed by atoms with Crippen molar-refractivity contribution in [3.63, 3.8) is 0 Å². The Kier molecular flexibility index (Phi) is 5.01. The zero-order valence-electron chi connectivity index (χ0n) is 15.2. The summed E-state index contributed by atoms with van der Waals surface area (Å²) in [5.74, 6) is 1.87. The molecule has 0 bridgehead atoms. The van der Waals surface area contributed by atoms with Gasteiger partial charge >= 0.3 is 0 Å². The lowest BCUT2D eigenvalue weighted by atomic mass is 10.2. The monoisotopic (exact) mass is 401 g/mol. The highest BCUT2D eigenvalue weighted by Gasteiger charge is 2.22. The van der Waals surface area contributed by atoms with Crippen molar-refractivity contribution >= 4 is 10.0 Å². The molecular weight excluding hydrogens is 382 g/mol. The van der Waals surface area contributed by atoms with Crippen LogP contribution in [0.3, 0.4) is 0 Å². The van der Waals surface area contributed by atoms with E-state index < -0.39 is 10.0 Å². The first-order valence-electron chi connectivity index (χ1n) is 8.71. The maximum Gasteiger partial charge on any atom is 0.242 e. The summed E-state index contributed by atoms with van der Waals surface area (Å²) in [7, 11) is -3.46. The van der Waals surface area contributed by atoms with Gasteiger partial charge in [-0.05, 0) is 23.8 Å². The lowest BCUT2D eigenvalue weighted by molar-refractivity contribution is 0.171. The Hall–Kier alpha value is -2.91. The van der Waals surface area contributed by atoms with Gasteiger partial charge in [0.2, 0.25) is 21.7 Å². The fourth-order valence-electron chi connectivity index (χ4n) is 2.85. The van der Waals surface area contributed by atoms with Gasteiger partial charge in [-0.1, -0.05) is 35.5 Å². The van der Waals surface area contributed by atoms with Crippen LogP contribution in [0.1, 0.15) is 11.5 Å². The summed E-state index contributed by atoms with van der Waals surface area (Å²) in [6.07, 6.45) is 1.16. The molecule has 0 atom stereocenters. The quantitative estimate of drug-likeness (QED) is 0.626. The highest BCUT2D eigenvalue weighted by atomic mass is 32.2. The first-order chi connectivity index (χ1) is 13.5. The first kappa shape index (κ1) is 18.5. The van der Waals surface area contributed by atoms with Crippen LogP contribution >= 0.6 is 0 Å². The molecule has 0 saturated heterocycles. The molecule has 1 aliphatic heterocycles. The van der Waals surface area contributed by atoms with Gasteiger partial charge in [-0.2, -0.15) is 9.29 Å². The molecule has 8 nitrogen and oxygen atoms in total. The van der Waals surface area contributed by atoms with Crippen molar-refractivity contribution < 1.29 is 22.4 Å². The molecule has 28 heavy (non-hydrogen) atoms. The van der Waals surface area contributed by atoms with Crippen molar-refractivity contribution in [1.29, 1.82) is 0 Å². The lowest BCUT2D eigenvalue weighted by Crippen LogP contribution is -2.29. The van der Waals surface area contributed by atoms with Crippen LogP contribution in [0.4, 0.5) is 0 Å². The van der Waals surface area contributed by atoms with Gasteiger partial charge in [0.05, 0.1) is 12.8 Å². The fraction of sp³-hybridized carbons (Fsp3) is 0.263. The topological polar surface area (TPSA) is 94.8 Å². The van der Waals surface area contributed by atoms with E-state index in [9.17, 15) is 8.42 Å². The summed E-state index contributed by atoms with van der Waals surface area (Å²) in [4.78, 5) is 4.34. The number of benzene rings is 2. The molecule has 0 saturated carbocycles. The number of rotatable bonds is 6. The third-order valence-corrected chi connectivity index (χ3v) is 5.45. The molecule has 146 valence electrons. The molecule has 2 aromatic carbocycles. The minimum Gasteiger partial charge on any atom is -0.486 e. The van der Waals surface area contributed by atoms with Gasteiger partial charge in [-0.25, -0.2) is 8.42 Å². The number of nitrogens with zero attached hydrogens (tertiary/aromatic N) is 3. The normalized spacial score (nSPS) is 13.6. The van der Waals surface area contributed by atoms with E-state index >= 15 is 0 Å². The van der Waals surface area contributed by atoms with Crippen molar-refractivity contribution in [3.8, 4) is 22.9 Å². The van der Waals surface area contributed by atoms with Crippen molar-refractivity contribution in [2.45, 2.75) is 13.1 Å². The summed E-state index contributed by atoms with van der Waals surface area (Å²) < 4.78 is 42.0. The van der Waals surface area contributed by atoms with Gasteiger partial charge < -0.3 is 14.0 Å². The van der Waals surface area contributed by atoms with Gasteiger partial charge in [0.1, 0.15) is 13.2 Å². The molecule has 3 aromatic rings. The van der Waals surface area contributed by atoms with Gasteiger partial charge in [0.25, 0.3) is 0 Å². The highest BCUT2D eigenvalue weighted by molar-refractivity contribution is 7.88. The molecule has 0 fully saturated rings. The molecule has 0 radical (unpaired) electrons. The molecule has 0 amide bonds. The minimum atomic E-state index is -3.46. The number of sulfonamides is 1. The number of hydrogen-bond acceptors (Lipinski definition) is 7. The molecule has 0 aliphatic carbocycles. The Morgan fingerprint density at radius 2 is 1.75 bits per heavy atom. The van der Waals surface area contributed by atoms with E-state index in [-0.39, 0.29) is 19.0 Å². The Morgan fingerprint density at radius 1 is 1.00 bits per heavy atom. The summed E-state index contributed by atoms with van der Waals surface area (Å²) in [5.41, 5.74) is 1.58. The van der Waals surface area contributed by atoms with E-state index in [1.807, 2.05) is 30.3 Å². The van der Waals surface area contributed by atoms with Gasteiger partial charge in [0, 0.05) is 12.1 Å². The summed E-state index contributed by atoms with van der Waals surface area (Å²) in [5, 5.41) is 3.97. The van der Waals surface area contributed by atoms with Crippen LogP contribution in [-0.2, 0) is 23.1 Å². The number of hydrogen-bond donors (Lipinski definition) is 0. The van der Waals surface area contributed by atoms with E-state index in [1.165, 1.54) is 4.31 Å². The average molecular weight is 401 g/mol. The molecule has 0 N–H and O–H groups in total. The maximum atomic E-state index is 12.2. The molecular formula is C19H19N3O5S. The Balaban J connectivity index is 1.54. The molecule has 9 heteroatoms. The molecule has 0 spiro atoms. The van der Waals surface area contributed by atoms with E-state index in [1.54, 1.807) is 18.2 Å². The smallest absolute Gasteiger partial charge is 0.242 e. The summed E-state index contributed by atoms with van der Waals surface area (Å²) in [6, 6.07) is 14.7. The Labute approximate surface area is 162 Å². The van der Waals surface area contributed by atoms with E-state index in [0.29, 0.717) is 36.1 Å². The minimum absolute atomic E-state index is 0.00865. The predicted octanol–water partition coefficient (Wildman–Crippen LogP) is 2.47. The first-order valence-corrected chi connectivity index (χ1v) is 10.6. The van der Waals surface area contributed by atoms with Crippen molar-refractivity contribution in [1.82, 2.24) is 14.4 Å². The van der Waals surface area contributed by atoms with Crippen molar-refractivity contribution in [3.05, 3.63) is 60.0 Å². The van der Waals surface area contributed by atoms with Gasteiger partial charge in [-0.3, -0.25) is 0 Å². The van der Waals surface area contributed by atoms with Crippen LogP contribution in [0.15, 0.2) is 53.1 Å². The van der Waals surface area contributed by atoms with E-state index in [2.05, 4.69) is 10.1 Å². The Morgan fingerprint density at radius 3 is 2.50 bits per heavy atom. The van der Waals surface area contributed by atoms with E-state index in [4.69, 9.17) is 14.0 Å². The van der Waals surface area contributed by atoms with Crippen molar-refractivity contribution in [2.24, 2.45) is 0 Å². The molecule has 1 aromatic heterocycles. The van der Waals surface area contributed by atoms with Crippen molar-refractivity contribution in [2.75, 3.05) is 19.5 Å². The number of fused-ring (bicyclic) bond motifs is 1. The van der Waals surface area contributed by atoms with Crippen LogP contribution in [0.2, 0.25) is 0 Å². The summed E-state index contributed by atoms with van der Waals surface area (Å²) in [6.45, 7) is 1.21. The standard InChI is InChI=1S/C19H19N3O5S/c1-28(23,24)22(12-14-5-3-2-4-6-14)13-18-20-19(21-27-18)15-7-8-16-17(11-15)26-10-9-25-16/h2-8,11H,9-10,12-13H2,1H3. The zero-order chi connectivity index (χ0) is 19.6. The van der Waals surface area contributed by atoms with Crippen LogP contribution in [0, 0.1) is 0 Å². The third kappa shape index (κ3) is 4.15. The van der Waals surface area contributed by atoms with E-state index in [0.717, 1.165) is 11.8 Å². The summed E-state index contributed by atoms with van der Waals surface area (Å²) >= 11 is 0. The van der Waals surface area contributed by atoms with Crippen LogP contribution < -0.4 is 9.47 Å². The highest BCUT2D eigenvalue weighted by Crippen LogP contribution is 2.33. The van der Waals surface area contributed by atoms with Gasteiger partial charge in [-0.15, -0.1) is 0 Å². The number of aromatic nitrogens is 2. The van der Waals surface area contributed by atoms with Crippen LogP contribution in [0.25, 0.3) is 11.4 Å². The lowest BCUT2D eigenvalue weighted by Gasteiger charge is -2.18. The Bertz CT molecular complexity index is 1070. The molecule has 4 rings (SSSR count). The second-order valence-corrected chi connectivity index (χ2v) is 8.37. The third-order valence-electron chi connectivity index (χ3n) is 4.25. The maximum absolute atomic E-state index is 12.2. The van der Waals surface area contributed by atoms with Gasteiger partial charge in [0.15, 0.2) is 11.5 Å². The fourth-order valence-corrected chi connectivity index (χ4v) is 3.58. The predicted molar refractivity (Wildman–Crippen MR) is 101 cm³/mol. The molecule has 2 heterocycles. The van der Waals surface area contributed by atoms with Crippen LogP contribution in [-0.4, -0.2) is 42.3 Å². The second-order valence-electron chi connectivity index (χ2n) is 6.39. The molecule has 1 aliphatic rings. The second kappa shape index (κ2) is 7.61. The number of ether oxygens (including phenoxy) is 2. The average Bonchev–Trinajstić information content (AvgIpc) is 3.16.